The number of carbonyl (C=O) groups is 1. The Kier molecular flexibility index (Phi) is 4.52. The van der Waals surface area contributed by atoms with Gasteiger partial charge in [-0.2, -0.15) is 0 Å². The van der Waals surface area contributed by atoms with Crippen molar-refractivity contribution in [3.63, 3.8) is 0 Å². The summed E-state index contributed by atoms with van der Waals surface area (Å²) in [5, 5.41) is 0. The fourth-order valence-corrected chi connectivity index (χ4v) is 5.09. The third kappa shape index (κ3) is 3.43. The summed E-state index contributed by atoms with van der Waals surface area (Å²) in [5.41, 5.74) is 1.77. The molecule has 25 heavy (non-hydrogen) atoms. The quantitative estimate of drug-likeness (QED) is 0.829. The molecule has 1 spiro atoms. The Hall–Kier alpha value is -1.49. The van der Waals surface area contributed by atoms with E-state index in [1.165, 1.54) is 57.2 Å². The molecule has 5 heteroatoms. The molecule has 2 aliphatic heterocycles. The van der Waals surface area contributed by atoms with Crippen molar-refractivity contribution in [1.82, 2.24) is 19.8 Å². The predicted octanol–water partition coefficient (Wildman–Crippen LogP) is 2.76. The number of aryl methyl sites for hydroxylation is 1. The zero-order valence-electron chi connectivity index (χ0n) is 15.6. The van der Waals surface area contributed by atoms with Gasteiger partial charge in [0.2, 0.25) is 5.91 Å². The summed E-state index contributed by atoms with van der Waals surface area (Å²) in [5.74, 6) is 1.73. The summed E-state index contributed by atoms with van der Waals surface area (Å²) in [6.07, 6.45) is 11.7. The lowest BCUT2D eigenvalue weighted by atomic mass is 9.67. The van der Waals surface area contributed by atoms with E-state index in [0.717, 1.165) is 25.0 Å². The van der Waals surface area contributed by atoms with Crippen LogP contribution in [0.5, 0.6) is 0 Å². The van der Waals surface area contributed by atoms with Gasteiger partial charge in [0, 0.05) is 43.9 Å². The summed E-state index contributed by atoms with van der Waals surface area (Å²) in [4.78, 5) is 24.9. The topological polar surface area (TPSA) is 49.3 Å². The molecule has 0 unspecified atom stereocenters. The standard InChI is InChI=1S/C20H30N4O/c1-15-21-11-18(12-22-15)17-5-9-23(10-6-17)19-3-7-20(8-4-19)13-24(14-20)16(2)25/h11-12,17,19H,3-10,13-14H2,1-2H3. The molecule has 0 aromatic carbocycles. The van der Waals surface area contributed by atoms with Crippen LogP contribution in [-0.2, 0) is 4.79 Å². The van der Waals surface area contributed by atoms with Gasteiger partial charge in [-0.3, -0.25) is 4.79 Å². The highest BCUT2D eigenvalue weighted by Gasteiger charge is 2.46. The van der Waals surface area contributed by atoms with Crippen LogP contribution in [0.4, 0.5) is 0 Å². The number of likely N-dealkylation sites (tertiary alicyclic amines) is 2. The molecule has 3 fully saturated rings. The van der Waals surface area contributed by atoms with Gasteiger partial charge in [-0.25, -0.2) is 9.97 Å². The Morgan fingerprint density at radius 1 is 1.08 bits per heavy atom. The van der Waals surface area contributed by atoms with Crippen LogP contribution in [0, 0.1) is 12.3 Å². The van der Waals surface area contributed by atoms with Crippen LogP contribution < -0.4 is 0 Å². The van der Waals surface area contributed by atoms with Crippen molar-refractivity contribution < 1.29 is 4.79 Å². The van der Waals surface area contributed by atoms with Crippen molar-refractivity contribution in [2.75, 3.05) is 26.2 Å². The molecule has 1 aromatic heterocycles. The SMILES string of the molecule is CC(=O)N1CC2(CCC(N3CCC(c4cnc(C)nc4)CC3)CC2)C1. The largest absolute Gasteiger partial charge is 0.342 e. The molecule has 3 heterocycles. The number of piperidine rings is 1. The molecule has 1 amide bonds. The minimum Gasteiger partial charge on any atom is -0.342 e. The van der Waals surface area contributed by atoms with Crippen molar-refractivity contribution in [3.8, 4) is 0 Å². The molecule has 0 N–H and O–H groups in total. The summed E-state index contributed by atoms with van der Waals surface area (Å²) < 4.78 is 0. The molecule has 1 saturated carbocycles. The van der Waals surface area contributed by atoms with Crippen molar-refractivity contribution in [2.24, 2.45) is 5.41 Å². The van der Waals surface area contributed by atoms with Crippen molar-refractivity contribution >= 4 is 5.91 Å². The van der Waals surface area contributed by atoms with E-state index >= 15 is 0 Å². The maximum Gasteiger partial charge on any atom is 0.219 e. The Labute approximate surface area is 150 Å². The fraction of sp³-hybridized carbons (Fsp3) is 0.750. The third-order valence-electron chi connectivity index (χ3n) is 6.83. The highest BCUT2D eigenvalue weighted by Crippen LogP contribution is 2.45. The highest BCUT2D eigenvalue weighted by molar-refractivity contribution is 5.74. The van der Waals surface area contributed by atoms with E-state index in [4.69, 9.17) is 0 Å². The molecule has 0 bridgehead atoms. The zero-order valence-corrected chi connectivity index (χ0v) is 15.6. The highest BCUT2D eigenvalue weighted by atomic mass is 16.2. The molecule has 2 saturated heterocycles. The molecule has 1 aromatic rings. The number of amides is 1. The maximum atomic E-state index is 11.4. The number of rotatable bonds is 2. The van der Waals surface area contributed by atoms with E-state index in [1.54, 1.807) is 6.92 Å². The zero-order chi connectivity index (χ0) is 17.4. The second-order valence-corrected chi connectivity index (χ2v) is 8.48. The predicted molar refractivity (Wildman–Crippen MR) is 97.3 cm³/mol. The molecule has 5 nitrogen and oxygen atoms in total. The Bertz CT molecular complexity index is 605. The van der Waals surface area contributed by atoms with Gasteiger partial charge in [-0.05, 0) is 70.0 Å². The Morgan fingerprint density at radius 2 is 1.68 bits per heavy atom. The number of carbonyl (C=O) groups excluding carboxylic acids is 1. The van der Waals surface area contributed by atoms with Gasteiger partial charge in [0.05, 0.1) is 0 Å². The number of nitrogens with zero attached hydrogens (tertiary/aromatic N) is 4. The molecule has 0 atom stereocenters. The lowest BCUT2D eigenvalue weighted by Crippen LogP contribution is -2.60. The van der Waals surface area contributed by atoms with Gasteiger partial charge in [-0.1, -0.05) is 0 Å². The first-order chi connectivity index (χ1) is 12.0. The van der Waals surface area contributed by atoms with Gasteiger partial charge in [0.25, 0.3) is 0 Å². The minimum absolute atomic E-state index is 0.245. The molecule has 3 aliphatic rings. The Morgan fingerprint density at radius 3 is 2.24 bits per heavy atom. The molecular weight excluding hydrogens is 312 g/mol. The normalized spacial score (nSPS) is 25.1. The van der Waals surface area contributed by atoms with Crippen LogP contribution in [-0.4, -0.2) is 57.9 Å². The van der Waals surface area contributed by atoms with Gasteiger partial charge < -0.3 is 9.80 Å². The first-order valence-electron chi connectivity index (χ1n) is 9.83. The second kappa shape index (κ2) is 6.67. The Balaban J connectivity index is 1.25. The molecule has 1 aliphatic carbocycles. The molecule has 4 rings (SSSR count). The van der Waals surface area contributed by atoms with E-state index in [2.05, 4.69) is 14.9 Å². The number of hydrogen-bond donors (Lipinski definition) is 0. The average Bonchev–Trinajstić information content (AvgIpc) is 2.60. The first kappa shape index (κ1) is 17.0. The smallest absolute Gasteiger partial charge is 0.219 e. The summed E-state index contributed by atoms with van der Waals surface area (Å²) in [6.45, 7) is 8.06. The first-order valence-corrected chi connectivity index (χ1v) is 9.83. The third-order valence-corrected chi connectivity index (χ3v) is 6.83. The lowest BCUT2D eigenvalue weighted by molar-refractivity contribution is -0.144. The van der Waals surface area contributed by atoms with Crippen LogP contribution in [0.3, 0.4) is 0 Å². The van der Waals surface area contributed by atoms with E-state index in [1.807, 2.05) is 24.2 Å². The monoisotopic (exact) mass is 342 g/mol. The molecule has 0 radical (unpaired) electrons. The van der Waals surface area contributed by atoms with E-state index in [-0.39, 0.29) is 5.91 Å². The van der Waals surface area contributed by atoms with Gasteiger partial charge in [-0.15, -0.1) is 0 Å². The average molecular weight is 342 g/mol. The second-order valence-electron chi connectivity index (χ2n) is 8.48. The van der Waals surface area contributed by atoms with Crippen LogP contribution in [0.15, 0.2) is 12.4 Å². The summed E-state index contributed by atoms with van der Waals surface area (Å²) in [6, 6.07) is 0.757. The van der Waals surface area contributed by atoms with Gasteiger partial charge >= 0.3 is 0 Å². The maximum absolute atomic E-state index is 11.4. The molecular formula is C20H30N4O. The van der Waals surface area contributed by atoms with E-state index in [0.29, 0.717) is 11.3 Å². The van der Waals surface area contributed by atoms with Crippen LogP contribution >= 0.6 is 0 Å². The summed E-state index contributed by atoms with van der Waals surface area (Å²) in [7, 11) is 0. The fourth-order valence-electron chi connectivity index (χ4n) is 5.09. The summed E-state index contributed by atoms with van der Waals surface area (Å²) >= 11 is 0. The van der Waals surface area contributed by atoms with Crippen molar-refractivity contribution in [1.29, 1.82) is 0 Å². The van der Waals surface area contributed by atoms with Crippen LogP contribution in [0.1, 0.15) is 62.8 Å². The van der Waals surface area contributed by atoms with Crippen LogP contribution in [0.25, 0.3) is 0 Å². The number of hydrogen-bond acceptors (Lipinski definition) is 4. The van der Waals surface area contributed by atoms with Gasteiger partial charge in [0.1, 0.15) is 5.82 Å². The van der Waals surface area contributed by atoms with Crippen molar-refractivity contribution in [3.05, 3.63) is 23.8 Å². The lowest BCUT2D eigenvalue weighted by Gasteiger charge is -2.54. The van der Waals surface area contributed by atoms with Crippen molar-refractivity contribution in [2.45, 2.75) is 64.3 Å². The van der Waals surface area contributed by atoms with E-state index in [9.17, 15) is 4.79 Å². The van der Waals surface area contributed by atoms with Gasteiger partial charge in [0.15, 0.2) is 0 Å². The minimum atomic E-state index is 0.245. The number of aromatic nitrogens is 2. The van der Waals surface area contributed by atoms with E-state index < -0.39 is 0 Å². The van der Waals surface area contributed by atoms with Crippen LogP contribution in [0.2, 0.25) is 0 Å². The molecule has 136 valence electrons.